The van der Waals surface area contributed by atoms with E-state index in [0.29, 0.717) is 30.2 Å². The molecule has 5 nitrogen and oxygen atoms in total. The molecule has 2 aliphatic rings. The van der Waals surface area contributed by atoms with Crippen molar-refractivity contribution in [3.05, 3.63) is 108 Å². The Morgan fingerprint density at radius 2 is 1.54 bits per heavy atom. The summed E-state index contributed by atoms with van der Waals surface area (Å²) in [6.45, 7) is 5.19. The van der Waals surface area contributed by atoms with Gasteiger partial charge in [-0.1, -0.05) is 98.8 Å². The fraction of sp³-hybridized carbons (Fsp3) is 0.375. The fourth-order valence-corrected chi connectivity index (χ4v) is 4.94. The van der Waals surface area contributed by atoms with Gasteiger partial charge in [0.05, 0.1) is 12.2 Å². The normalized spacial score (nSPS) is 22.1. The zero-order chi connectivity index (χ0) is 26.5. The largest absolute Gasteiger partial charge is 0.347 e. The molecule has 1 aliphatic carbocycles. The Morgan fingerprint density at radius 3 is 2.19 bits per heavy atom. The molecule has 0 bridgehead atoms. The van der Waals surface area contributed by atoms with Crippen LogP contribution >= 0.6 is 0 Å². The van der Waals surface area contributed by atoms with E-state index in [9.17, 15) is 9.59 Å². The van der Waals surface area contributed by atoms with Crippen molar-refractivity contribution in [2.75, 3.05) is 20.2 Å². The SMILES string of the molecule is CC.CN(CC1CCCC2(C1)OCC(c1ccccc1)O2)C(=O)c1ccccc1C=O.c1ccccc1. The number of carbonyl (C=O) groups is 2. The lowest BCUT2D eigenvalue weighted by Crippen LogP contribution is -2.41. The summed E-state index contributed by atoms with van der Waals surface area (Å²) in [7, 11) is 1.80. The number of amides is 1. The Labute approximate surface area is 221 Å². The first-order valence-electron chi connectivity index (χ1n) is 13.3. The van der Waals surface area contributed by atoms with Gasteiger partial charge in [0.1, 0.15) is 6.10 Å². The van der Waals surface area contributed by atoms with Crippen LogP contribution in [0.2, 0.25) is 0 Å². The number of hydrogen-bond acceptors (Lipinski definition) is 4. The van der Waals surface area contributed by atoms with E-state index in [-0.39, 0.29) is 12.0 Å². The van der Waals surface area contributed by atoms with E-state index in [4.69, 9.17) is 9.47 Å². The number of benzene rings is 3. The summed E-state index contributed by atoms with van der Waals surface area (Å²) in [4.78, 5) is 25.8. The number of aldehydes is 1. The summed E-state index contributed by atoms with van der Waals surface area (Å²) in [5, 5.41) is 0. The molecule has 1 heterocycles. The van der Waals surface area contributed by atoms with Gasteiger partial charge in [0.15, 0.2) is 12.1 Å². The summed E-state index contributed by atoms with van der Waals surface area (Å²) >= 11 is 0. The van der Waals surface area contributed by atoms with Crippen LogP contribution in [0.4, 0.5) is 0 Å². The van der Waals surface area contributed by atoms with Gasteiger partial charge in [-0.3, -0.25) is 9.59 Å². The predicted octanol–water partition coefficient (Wildman–Crippen LogP) is 6.96. The third-order valence-corrected chi connectivity index (χ3v) is 6.66. The maximum absolute atomic E-state index is 12.9. The average molecular weight is 502 g/mol. The molecule has 3 atom stereocenters. The molecule has 1 aliphatic heterocycles. The number of hydrogen-bond donors (Lipinski definition) is 0. The monoisotopic (exact) mass is 501 g/mol. The van der Waals surface area contributed by atoms with Crippen molar-refractivity contribution in [1.82, 2.24) is 4.90 Å². The first kappa shape index (κ1) is 28.3. The van der Waals surface area contributed by atoms with Gasteiger partial charge < -0.3 is 14.4 Å². The molecular weight excluding hydrogens is 462 g/mol. The van der Waals surface area contributed by atoms with Crippen molar-refractivity contribution in [1.29, 1.82) is 0 Å². The molecule has 2 fully saturated rings. The van der Waals surface area contributed by atoms with Crippen LogP contribution in [0.15, 0.2) is 91.0 Å². The van der Waals surface area contributed by atoms with Crippen molar-refractivity contribution in [2.45, 2.75) is 51.4 Å². The van der Waals surface area contributed by atoms with E-state index < -0.39 is 5.79 Å². The van der Waals surface area contributed by atoms with Gasteiger partial charge in [0.2, 0.25) is 0 Å². The molecule has 196 valence electrons. The molecule has 3 aromatic rings. The summed E-state index contributed by atoms with van der Waals surface area (Å²) < 4.78 is 12.6. The molecule has 3 unspecified atom stereocenters. The second kappa shape index (κ2) is 14.5. The second-order valence-electron chi connectivity index (χ2n) is 9.25. The Balaban J connectivity index is 0.000000412. The number of ether oxygens (including phenoxy) is 2. The maximum Gasteiger partial charge on any atom is 0.254 e. The zero-order valence-corrected chi connectivity index (χ0v) is 22.2. The van der Waals surface area contributed by atoms with Crippen LogP contribution in [-0.2, 0) is 9.47 Å². The smallest absolute Gasteiger partial charge is 0.254 e. The minimum absolute atomic E-state index is 0.0335. The van der Waals surface area contributed by atoms with Crippen LogP contribution in [0.5, 0.6) is 0 Å². The van der Waals surface area contributed by atoms with Crippen LogP contribution < -0.4 is 0 Å². The highest BCUT2D eigenvalue weighted by Crippen LogP contribution is 2.44. The van der Waals surface area contributed by atoms with Crippen molar-refractivity contribution in [3.63, 3.8) is 0 Å². The van der Waals surface area contributed by atoms with Gasteiger partial charge in [-0.15, -0.1) is 0 Å². The van der Waals surface area contributed by atoms with E-state index in [1.165, 1.54) is 0 Å². The number of carbonyl (C=O) groups excluding carboxylic acids is 2. The van der Waals surface area contributed by atoms with Crippen molar-refractivity contribution < 1.29 is 19.1 Å². The molecule has 0 aromatic heterocycles. The number of rotatable bonds is 5. The molecular formula is C32H39NO4. The Morgan fingerprint density at radius 1 is 0.946 bits per heavy atom. The lowest BCUT2D eigenvalue weighted by Gasteiger charge is -2.38. The van der Waals surface area contributed by atoms with Crippen LogP contribution in [0.25, 0.3) is 0 Å². The van der Waals surface area contributed by atoms with Crippen molar-refractivity contribution >= 4 is 12.2 Å². The van der Waals surface area contributed by atoms with Gasteiger partial charge in [0.25, 0.3) is 5.91 Å². The molecule has 5 rings (SSSR count). The average Bonchev–Trinajstić information content (AvgIpc) is 3.38. The van der Waals surface area contributed by atoms with Crippen LogP contribution in [0.1, 0.15) is 71.9 Å². The minimum atomic E-state index is -0.548. The first-order chi connectivity index (χ1) is 18.1. The summed E-state index contributed by atoms with van der Waals surface area (Å²) in [6.07, 6.45) is 4.42. The van der Waals surface area contributed by atoms with Crippen LogP contribution in [-0.4, -0.2) is 43.1 Å². The highest BCUT2D eigenvalue weighted by atomic mass is 16.7. The first-order valence-corrected chi connectivity index (χ1v) is 13.3. The molecule has 0 N–H and O–H groups in total. The maximum atomic E-state index is 12.9. The van der Waals surface area contributed by atoms with E-state index in [2.05, 4.69) is 12.1 Å². The highest BCUT2D eigenvalue weighted by Gasteiger charge is 2.45. The molecule has 1 amide bonds. The van der Waals surface area contributed by atoms with Gasteiger partial charge in [-0.2, -0.15) is 0 Å². The van der Waals surface area contributed by atoms with E-state index >= 15 is 0 Å². The Hall–Kier alpha value is -3.28. The van der Waals surface area contributed by atoms with Gasteiger partial charge in [0, 0.05) is 32.0 Å². The standard InChI is InChI=1S/C24H27NO4.C6H6.C2H6/c1-25(23(27)21-12-6-5-11-20(21)16-26)15-18-8-7-13-24(14-18)28-17-22(29-24)19-9-3-2-4-10-19;1-2-4-6-5-3-1;1-2/h2-6,9-12,16,18,22H,7-8,13-15,17H2,1H3;1-6H;1-2H3. The van der Waals surface area contributed by atoms with Crippen molar-refractivity contribution in [2.24, 2.45) is 5.92 Å². The molecule has 1 saturated heterocycles. The minimum Gasteiger partial charge on any atom is -0.347 e. The molecule has 0 radical (unpaired) electrons. The third-order valence-electron chi connectivity index (χ3n) is 6.66. The van der Waals surface area contributed by atoms with E-state index in [1.54, 1.807) is 36.2 Å². The topological polar surface area (TPSA) is 55.8 Å². The zero-order valence-electron chi connectivity index (χ0n) is 22.2. The van der Waals surface area contributed by atoms with Crippen molar-refractivity contribution in [3.8, 4) is 0 Å². The van der Waals surface area contributed by atoms with E-state index in [0.717, 1.165) is 37.5 Å². The molecule has 1 spiro atoms. The fourth-order valence-electron chi connectivity index (χ4n) is 4.94. The number of nitrogens with zero attached hydrogens (tertiary/aromatic N) is 1. The molecule has 37 heavy (non-hydrogen) atoms. The van der Waals surface area contributed by atoms with Gasteiger partial charge in [-0.05, 0) is 30.4 Å². The third kappa shape index (κ3) is 7.85. The summed E-state index contributed by atoms with van der Waals surface area (Å²) in [6, 6.07) is 29.1. The quantitative estimate of drug-likeness (QED) is 0.355. The van der Waals surface area contributed by atoms with Gasteiger partial charge in [-0.25, -0.2) is 0 Å². The summed E-state index contributed by atoms with van der Waals surface area (Å²) in [5.41, 5.74) is 2.02. The predicted molar refractivity (Wildman–Crippen MR) is 147 cm³/mol. The lowest BCUT2D eigenvalue weighted by molar-refractivity contribution is -0.198. The van der Waals surface area contributed by atoms with Gasteiger partial charge >= 0.3 is 0 Å². The Bertz CT molecular complexity index is 1060. The lowest BCUT2D eigenvalue weighted by atomic mass is 9.84. The molecule has 1 saturated carbocycles. The summed E-state index contributed by atoms with van der Waals surface area (Å²) in [5.74, 6) is -0.369. The molecule has 3 aromatic carbocycles. The highest BCUT2D eigenvalue weighted by molar-refractivity contribution is 6.01. The Kier molecular flexibility index (Phi) is 11.1. The van der Waals surface area contributed by atoms with E-state index in [1.807, 2.05) is 68.4 Å². The second-order valence-corrected chi connectivity index (χ2v) is 9.25. The van der Waals surface area contributed by atoms with Crippen LogP contribution in [0, 0.1) is 5.92 Å². The molecule has 5 heteroatoms. The van der Waals surface area contributed by atoms with Crippen LogP contribution in [0.3, 0.4) is 0 Å².